The average molecular weight is 377 g/mol. The summed E-state index contributed by atoms with van der Waals surface area (Å²) in [4.78, 5) is 23.2. The molecule has 3 aromatic rings. The minimum atomic E-state index is -0.234. The highest BCUT2D eigenvalue weighted by molar-refractivity contribution is 5.83. The molecule has 1 amide bonds. The number of carbonyl (C=O) groups excluding carboxylic acids is 2. The predicted molar refractivity (Wildman–Crippen MR) is 109 cm³/mol. The van der Waals surface area contributed by atoms with Gasteiger partial charge in [-0.1, -0.05) is 36.4 Å². The lowest BCUT2D eigenvalue weighted by Crippen LogP contribution is -2.31. The van der Waals surface area contributed by atoms with E-state index < -0.39 is 0 Å². The molecule has 1 N–H and O–H groups in total. The molecular weight excluding hydrogens is 354 g/mol. The summed E-state index contributed by atoms with van der Waals surface area (Å²) in [6, 6.07) is 19.0. The molecule has 28 heavy (non-hydrogen) atoms. The van der Waals surface area contributed by atoms with Gasteiger partial charge in [-0.2, -0.15) is 0 Å². The normalized spacial score (nSPS) is 11.6. The van der Waals surface area contributed by atoms with Crippen LogP contribution in [0, 0.1) is 0 Å². The molecule has 0 bridgehead atoms. The van der Waals surface area contributed by atoms with Gasteiger partial charge in [0.05, 0.1) is 12.6 Å². The Hall–Kier alpha value is -3.34. The molecule has 0 aliphatic rings. The molecule has 0 radical (unpaired) electrons. The van der Waals surface area contributed by atoms with Crippen LogP contribution in [0.5, 0.6) is 11.5 Å². The number of hydrogen-bond acceptors (Lipinski definition) is 4. The van der Waals surface area contributed by atoms with Gasteiger partial charge in [0, 0.05) is 5.56 Å². The maximum atomic E-state index is 12.3. The molecular formula is C23H23NO4. The van der Waals surface area contributed by atoms with Gasteiger partial charge in [-0.05, 0) is 54.4 Å². The second kappa shape index (κ2) is 9.04. The summed E-state index contributed by atoms with van der Waals surface area (Å²) in [7, 11) is 0. The second-order valence-corrected chi connectivity index (χ2v) is 6.44. The van der Waals surface area contributed by atoms with Crippen LogP contribution in [0.3, 0.4) is 0 Å². The standard InChI is InChI=1S/C23H23NO4/c1-3-27-22-12-17(14-25)8-11-21(22)28-15-23(26)24-16(2)19-10-9-18-6-4-5-7-20(18)13-19/h4-14,16H,3,15H2,1-2H3,(H,24,26). The first-order valence-electron chi connectivity index (χ1n) is 9.23. The minimum Gasteiger partial charge on any atom is -0.490 e. The molecule has 0 fully saturated rings. The van der Waals surface area contributed by atoms with Crippen molar-refractivity contribution in [2.45, 2.75) is 19.9 Å². The smallest absolute Gasteiger partial charge is 0.258 e. The third kappa shape index (κ3) is 4.68. The highest BCUT2D eigenvalue weighted by atomic mass is 16.5. The summed E-state index contributed by atoms with van der Waals surface area (Å²) >= 11 is 0. The van der Waals surface area contributed by atoms with E-state index in [1.165, 1.54) is 0 Å². The largest absolute Gasteiger partial charge is 0.490 e. The molecule has 144 valence electrons. The molecule has 0 saturated heterocycles. The van der Waals surface area contributed by atoms with Crippen LogP contribution >= 0.6 is 0 Å². The van der Waals surface area contributed by atoms with Crippen LogP contribution in [-0.2, 0) is 4.79 Å². The predicted octanol–water partition coefficient (Wildman–Crippen LogP) is 4.31. The summed E-state index contributed by atoms with van der Waals surface area (Å²) in [5, 5.41) is 5.24. The maximum Gasteiger partial charge on any atom is 0.258 e. The van der Waals surface area contributed by atoms with Gasteiger partial charge in [-0.15, -0.1) is 0 Å². The molecule has 0 saturated carbocycles. The van der Waals surface area contributed by atoms with Crippen molar-refractivity contribution in [2.24, 2.45) is 0 Å². The summed E-state index contributed by atoms with van der Waals surface area (Å²) in [5.41, 5.74) is 1.52. The van der Waals surface area contributed by atoms with Crippen molar-refractivity contribution >= 4 is 23.0 Å². The minimum absolute atomic E-state index is 0.140. The molecule has 5 nitrogen and oxygen atoms in total. The number of hydrogen-bond donors (Lipinski definition) is 1. The number of fused-ring (bicyclic) bond motifs is 1. The van der Waals surface area contributed by atoms with Crippen molar-refractivity contribution in [1.82, 2.24) is 5.32 Å². The number of nitrogens with one attached hydrogen (secondary N) is 1. The molecule has 1 atom stereocenters. The van der Waals surface area contributed by atoms with E-state index >= 15 is 0 Å². The number of ether oxygens (including phenoxy) is 2. The second-order valence-electron chi connectivity index (χ2n) is 6.44. The monoisotopic (exact) mass is 377 g/mol. The summed E-state index contributed by atoms with van der Waals surface area (Å²) in [6.07, 6.45) is 0.740. The quantitative estimate of drug-likeness (QED) is 0.594. The van der Waals surface area contributed by atoms with E-state index in [4.69, 9.17) is 9.47 Å². The third-order valence-electron chi connectivity index (χ3n) is 4.41. The van der Waals surface area contributed by atoms with Crippen molar-refractivity contribution < 1.29 is 19.1 Å². The highest BCUT2D eigenvalue weighted by Gasteiger charge is 2.13. The lowest BCUT2D eigenvalue weighted by molar-refractivity contribution is -0.123. The first-order chi connectivity index (χ1) is 13.6. The van der Waals surface area contributed by atoms with Crippen molar-refractivity contribution in [3.8, 4) is 11.5 Å². The Bertz CT molecular complexity index is 983. The zero-order chi connectivity index (χ0) is 19.9. The molecule has 3 aromatic carbocycles. The van der Waals surface area contributed by atoms with E-state index in [-0.39, 0.29) is 18.6 Å². The van der Waals surface area contributed by atoms with Gasteiger partial charge in [0.25, 0.3) is 5.91 Å². The van der Waals surface area contributed by atoms with E-state index in [0.29, 0.717) is 23.7 Å². The molecule has 0 aromatic heterocycles. The van der Waals surface area contributed by atoms with Crippen molar-refractivity contribution in [2.75, 3.05) is 13.2 Å². The van der Waals surface area contributed by atoms with Crippen molar-refractivity contribution in [1.29, 1.82) is 0 Å². The van der Waals surface area contributed by atoms with Crippen LogP contribution in [0.1, 0.15) is 35.8 Å². The topological polar surface area (TPSA) is 64.6 Å². The van der Waals surface area contributed by atoms with Gasteiger partial charge in [0.1, 0.15) is 6.29 Å². The van der Waals surface area contributed by atoms with Crippen LogP contribution in [-0.4, -0.2) is 25.4 Å². The van der Waals surface area contributed by atoms with Gasteiger partial charge < -0.3 is 14.8 Å². The van der Waals surface area contributed by atoms with Crippen LogP contribution in [0.25, 0.3) is 10.8 Å². The molecule has 0 heterocycles. The van der Waals surface area contributed by atoms with E-state index in [2.05, 4.69) is 23.5 Å². The zero-order valence-corrected chi connectivity index (χ0v) is 16.0. The number of aldehydes is 1. The van der Waals surface area contributed by atoms with Gasteiger partial charge in [0.2, 0.25) is 0 Å². The summed E-state index contributed by atoms with van der Waals surface area (Å²) in [6.45, 7) is 4.07. The van der Waals surface area contributed by atoms with Crippen molar-refractivity contribution in [3.63, 3.8) is 0 Å². The zero-order valence-electron chi connectivity index (χ0n) is 16.0. The van der Waals surface area contributed by atoms with Gasteiger partial charge >= 0.3 is 0 Å². The fourth-order valence-corrected chi connectivity index (χ4v) is 2.97. The fourth-order valence-electron chi connectivity index (χ4n) is 2.97. The van der Waals surface area contributed by atoms with Gasteiger partial charge in [0.15, 0.2) is 18.1 Å². The Morgan fingerprint density at radius 1 is 1.00 bits per heavy atom. The molecule has 0 spiro atoms. The molecule has 1 unspecified atom stereocenters. The van der Waals surface area contributed by atoms with Crippen LogP contribution in [0.4, 0.5) is 0 Å². The first kappa shape index (κ1) is 19.4. The van der Waals surface area contributed by atoms with Crippen LogP contribution in [0.2, 0.25) is 0 Å². The van der Waals surface area contributed by atoms with Crippen molar-refractivity contribution in [3.05, 3.63) is 71.8 Å². The Morgan fingerprint density at radius 3 is 2.54 bits per heavy atom. The highest BCUT2D eigenvalue weighted by Crippen LogP contribution is 2.28. The van der Waals surface area contributed by atoms with Crippen LogP contribution < -0.4 is 14.8 Å². The van der Waals surface area contributed by atoms with E-state index in [0.717, 1.165) is 22.6 Å². The Morgan fingerprint density at radius 2 is 1.79 bits per heavy atom. The van der Waals surface area contributed by atoms with Gasteiger partial charge in [-0.25, -0.2) is 0 Å². The molecule has 0 aliphatic carbocycles. The molecule has 0 aliphatic heterocycles. The average Bonchev–Trinajstić information content (AvgIpc) is 2.72. The summed E-state index contributed by atoms with van der Waals surface area (Å²) < 4.78 is 11.1. The van der Waals surface area contributed by atoms with Gasteiger partial charge in [-0.3, -0.25) is 9.59 Å². The number of rotatable bonds is 8. The van der Waals surface area contributed by atoms with E-state index in [1.807, 2.05) is 38.1 Å². The maximum absolute atomic E-state index is 12.3. The number of amides is 1. The number of benzene rings is 3. The first-order valence-corrected chi connectivity index (χ1v) is 9.23. The third-order valence-corrected chi connectivity index (χ3v) is 4.41. The Kier molecular flexibility index (Phi) is 6.27. The molecule has 5 heteroatoms. The number of carbonyl (C=O) groups is 2. The summed E-state index contributed by atoms with van der Waals surface area (Å²) in [5.74, 6) is 0.644. The van der Waals surface area contributed by atoms with Crippen LogP contribution in [0.15, 0.2) is 60.7 Å². The Labute approximate surface area is 164 Å². The van der Waals surface area contributed by atoms with E-state index in [1.54, 1.807) is 18.2 Å². The SMILES string of the molecule is CCOc1cc(C=O)ccc1OCC(=O)NC(C)c1ccc2ccccc2c1. The van der Waals surface area contributed by atoms with E-state index in [9.17, 15) is 9.59 Å². The lowest BCUT2D eigenvalue weighted by Gasteiger charge is -2.16. The fraction of sp³-hybridized carbons (Fsp3) is 0.217. The lowest BCUT2D eigenvalue weighted by atomic mass is 10.0. The Balaban J connectivity index is 1.62. The molecule has 3 rings (SSSR count).